The average Bonchev–Trinajstić information content (AvgIpc) is 3.45. The van der Waals surface area contributed by atoms with E-state index in [9.17, 15) is 14.4 Å². The van der Waals surface area contributed by atoms with E-state index in [1.807, 2.05) is 30.3 Å². The molecule has 4 aromatic rings. The molecule has 0 saturated carbocycles. The molecular formula is C24H22N4O3S2. The summed E-state index contributed by atoms with van der Waals surface area (Å²) in [7, 11) is 0. The Kier molecular flexibility index (Phi) is 6.06. The van der Waals surface area contributed by atoms with Gasteiger partial charge in [0.15, 0.2) is 0 Å². The second-order valence-electron chi connectivity index (χ2n) is 7.94. The Hall–Kier alpha value is -3.30. The lowest BCUT2D eigenvalue weighted by Gasteiger charge is -2.13. The fraction of sp³-hybridized carbons (Fsp3) is 0.250. The van der Waals surface area contributed by atoms with Crippen molar-refractivity contribution in [2.45, 2.75) is 38.8 Å². The smallest absolute Gasteiger partial charge is 0.271 e. The van der Waals surface area contributed by atoms with Crippen LogP contribution < -0.4 is 16.2 Å². The van der Waals surface area contributed by atoms with Crippen molar-refractivity contribution in [2.24, 2.45) is 0 Å². The van der Waals surface area contributed by atoms with Gasteiger partial charge in [-0.05, 0) is 48.3 Å². The third kappa shape index (κ3) is 4.46. The first kappa shape index (κ1) is 21.5. The number of aromatic nitrogens is 2. The number of hydrogen-bond donors (Lipinski definition) is 2. The second-order valence-corrected chi connectivity index (χ2v) is 9.97. The van der Waals surface area contributed by atoms with Crippen LogP contribution in [-0.2, 0) is 30.7 Å². The fourth-order valence-corrected chi connectivity index (χ4v) is 6.17. The van der Waals surface area contributed by atoms with Crippen LogP contribution in [0, 0.1) is 0 Å². The van der Waals surface area contributed by atoms with Crippen LogP contribution in [0.1, 0.15) is 39.2 Å². The molecule has 0 bridgehead atoms. The van der Waals surface area contributed by atoms with E-state index < -0.39 is 0 Å². The van der Waals surface area contributed by atoms with Crippen LogP contribution in [0.2, 0.25) is 0 Å². The van der Waals surface area contributed by atoms with Crippen LogP contribution in [0.3, 0.4) is 0 Å². The summed E-state index contributed by atoms with van der Waals surface area (Å²) in [5.74, 6) is -0.544. The largest absolute Gasteiger partial charge is 0.348 e. The number of rotatable bonds is 6. The van der Waals surface area contributed by atoms with Gasteiger partial charge in [0.1, 0.15) is 16.2 Å². The lowest BCUT2D eigenvalue weighted by molar-refractivity contribution is -0.116. The van der Waals surface area contributed by atoms with E-state index in [1.54, 1.807) is 11.4 Å². The summed E-state index contributed by atoms with van der Waals surface area (Å²) in [4.78, 5) is 44.0. The minimum Gasteiger partial charge on any atom is -0.348 e. The van der Waals surface area contributed by atoms with Crippen molar-refractivity contribution in [2.75, 3.05) is 5.32 Å². The Balaban J connectivity index is 1.37. The first-order valence-corrected chi connectivity index (χ1v) is 12.5. The molecule has 9 heteroatoms. The number of thiophene rings is 2. The molecule has 0 radical (unpaired) electrons. The minimum absolute atomic E-state index is 0.159. The topological polar surface area (TPSA) is 93.1 Å². The molecule has 33 heavy (non-hydrogen) atoms. The molecule has 0 unspecified atom stereocenters. The van der Waals surface area contributed by atoms with E-state index in [0.717, 1.165) is 41.7 Å². The van der Waals surface area contributed by atoms with Crippen molar-refractivity contribution in [3.63, 3.8) is 0 Å². The van der Waals surface area contributed by atoms with Crippen molar-refractivity contribution in [1.82, 2.24) is 14.9 Å². The summed E-state index contributed by atoms with van der Waals surface area (Å²) in [6.07, 6.45) is 5.23. The molecule has 168 valence electrons. The van der Waals surface area contributed by atoms with Gasteiger partial charge in [-0.15, -0.1) is 22.7 Å². The number of carbonyl (C=O) groups excluding carboxylic acids is 2. The fourth-order valence-electron chi connectivity index (χ4n) is 4.07. The number of nitrogens with zero attached hydrogens (tertiary/aromatic N) is 2. The van der Waals surface area contributed by atoms with Gasteiger partial charge in [-0.25, -0.2) is 4.98 Å². The third-order valence-corrected chi connectivity index (χ3v) is 7.80. The van der Waals surface area contributed by atoms with Crippen molar-refractivity contribution in [3.8, 4) is 0 Å². The van der Waals surface area contributed by atoms with Gasteiger partial charge in [-0.3, -0.25) is 19.0 Å². The van der Waals surface area contributed by atoms with Gasteiger partial charge in [0.2, 0.25) is 5.91 Å². The van der Waals surface area contributed by atoms with E-state index in [0.29, 0.717) is 27.3 Å². The quantitative estimate of drug-likeness (QED) is 0.439. The van der Waals surface area contributed by atoms with E-state index in [1.165, 1.54) is 33.6 Å². The molecule has 7 nitrogen and oxygen atoms in total. The zero-order valence-electron chi connectivity index (χ0n) is 17.8. The van der Waals surface area contributed by atoms with Crippen molar-refractivity contribution < 1.29 is 9.59 Å². The molecule has 0 spiro atoms. The van der Waals surface area contributed by atoms with E-state index >= 15 is 0 Å². The zero-order chi connectivity index (χ0) is 22.8. The summed E-state index contributed by atoms with van der Waals surface area (Å²) >= 11 is 2.77. The van der Waals surface area contributed by atoms with Crippen molar-refractivity contribution in [3.05, 3.63) is 80.0 Å². The highest BCUT2D eigenvalue weighted by atomic mass is 32.1. The Morgan fingerprint density at radius 2 is 1.91 bits per heavy atom. The summed E-state index contributed by atoms with van der Waals surface area (Å²) in [6.45, 7) is 0.257. The Labute approximate surface area is 198 Å². The number of amides is 2. The molecule has 2 N–H and O–H groups in total. The monoisotopic (exact) mass is 478 g/mol. The highest BCUT2D eigenvalue weighted by Crippen LogP contribution is 2.38. The Bertz CT molecular complexity index is 1390. The predicted octanol–water partition coefficient (Wildman–Crippen LogP) is 3.97. The van der Waals surface area contributed by atoms with Crippen LogP contribution in [0.4, 0.5) is 5.00 Å². The Morgan fingerprint density at radius 1 is 1.09 bits per heavy atom. The normalized spacial score (nSPS) is 13.0. The van der Waals surface area contributed by atoms with Crippen LogP contribution in [0.5, 0.6) is 0 Å². The molecule has 0 aliphatic heterocycles. The first-order valence-electron chi connectivity index (χ1n) is 10.8. The van der Waals surface area contributed by atoms with E-state index in [4.69, 9.17) is 0 Å². The highest BCUT2D eigenvalue weighted by molar-refractivity contribution is 7.17. The van der Waals surface area contributed by atoms with Gasteiger partial charge in [-0.1, -0.05) is 30.3 Å². The minimum atomic E-state index is -0.356. The molecule has 1 aromatic carbocycles. The highest BCUT2D eigenvalue weighted by Gasteiger charge is 2.26. The van der Waals surface area contributed by atoms with Crippen LogP contribution >= 0.6 is 22.7 Å². The number of anilines is 1. The SMILES string of the molecule is O=C(Cn1cnc2ccsc2c1=O)Nc1sc2c(c1C(=O)NCc1ccccc1)CCCC2. The molecular weight excluding hydrogens is 456 g/mol. The third-order valence-electron chi connectivity index (χ3n) is 5.70. The van der Waals surface area contributed by atoms with Gasteiger partial charge < -0.3 is 10.6 Å². The van der Waals surface area contributed by atoms with Gasteiger partial charge >= 0.3 is 0 Å². The maximum absolute atomic E-state index is 13.2. The number of benzene rings is 1. The van der Waals surface area contributed by atoms with Gasteiger partial charge in [0.25, 0.3) is 11.5 Å². The summed E-state index contributed by atoms with van der Waals surface area (Å²) in [5, 5.41) is 8.25. The lowest BCUT2D eigenvalue weighted by Crippen LogP contribution is -2.29. The van der Waals surface area contributed by atoms with Gasteiger partial charge in [0.05, 0.1) is 17.4 Å². The van der Waals surface area contributed by atoms with E-state index in [2.05, 4.69) is 15.6 Å². The summed E-state index contributed by atoms with van der Waals surface area (Å²) < 4.78 is 1.83. The zero-order valence-corrected chi connectivity index (χ0v) is 19.4. The number of hydrogen-bond acceptors (Lipinski definition) is 6. The van der Waals surface area contributed by atoms with Gasteiger partial charge in [0, 0.05) is 11.4 Å². The standard InChI is InChI=1S/C24H22N4O3S2/c29-19(13-28-14-26-17-10-11-32-21(17)24(28)31)27-23-20(16-8-4-5-9-18(16)33-23)22(30)25-12-15-6-2-1-3-7-15/h1-3,6-7,10-11,14H,4-5,8-9,12-13H2,(H,25,30)(H,27,29). The molecule has 5 rings (SSSR count). The first-order chi connectivity index (χ1) is 16.1. The lowest BCUT2D eigenvalue weighted by atomic mass is 9.95. The molecule has 0 saturated heterocycles. The number of aryl methyl sites for hydroxylation is 1. The van der Waals surface area contributed by atoms with Crippen LogP contribution in [-0.4, -0.2) is 21.4 Å². The predicted molar refractivity (Wildman–Crippen MR) is 131 cm³/mol. The molecule has 3 aromatic heterocycles. The number of nitrogens with one attached hydrogen (secondary N) is 2. The maximum Gasteiger partial charge on any atom is 0.271 e. The van der Waals surface area contributed by atoms with E-state index in [-0.39, 0.29) is 23.9 Å². The number of fused-ring (bicyclic) bond motifs is 2. The molecule has 1 aliphatic rings. The molecule has 2 amide bonds. The molecule has 0 atom stereocenters. The molecule has 1 aliphatic carbocycles. The maximum atomic E-state index is 13.2. The second kappa shape index (κ2) is 9.29. The van der Waals surface area contributed by atoms with Gasteiger partial charge in [-0.2, -0.15) is 0 Å². The number of carbonyl (C=O) groups is 2. The average molecular weight is 479 g/mol. The van der Waals surface area contributed by atoms with Crippen molar-refractivity contribution in [1.29, 1.82) is 0 Å². The summed E-state index contributed by atoms with van der Waals surface area (Å²) in [6, 6.07) is 11.5. The van der Waals surface area contributed by atoms with Crippen LogP contribution in [0.25, 0.3) is 10.2 Å². The van der Waals surface area contributed by atoms with Crippen LogP contribution in [0.15, 0.2) is 52.9 Å². The molecule has 0 fully saturated rings. The Morgan fingerprint density at radius 3 is 2.76 bits per heavy atom. The summed E-state index contributed by atoms with van der Waals surface area (Å²) in [5.41, 5.74) is 2.99. The van der Waals surface area contributed by atoms with Crippen molar-refractivity contribution >= 4 is 49.7 Å². The molecule has 3 heterocycles.